The molecule has 0 atom stereocenters. The van der Waals surface area contributed by atoms with Crippen LogP contribution in [0.1, 0.15) is 52.9 Å². The van der Waals surface area contributed by atoms with E-state index >= 15 is 0 Å². The molecule has 4 nitrogen and oxygen atoms in total. The summed E-state index contributed by atoms with van der Waals surface area (Å²) in [5.74, 6) is 1.45. The zero-order chi connectivity index (χ0) is 14.5. The van der Waals surface area contributed by atoms with Gasteiger partial charge < -0.3 is 10.4 Å². The Labute approximate surface area is 122 Å². The largest absolute Gasteiger partial charge is 0.478 e. The van der Waals surface area contributed by atoms with E-state index in [0.717, 1.165) is 42.5 Å². The van der Waals surface area contributed by atoms with Crippen LogP contribution in [-0.4, -0.2) is 17.0 Å². The number of rotatable bonds is 6. The molecule has 2 rings (SSSR count). The summed E-state index contributed by atoms with van der Waals surface area (Å²) in [6, 6.07) is 0. The fourth-order valence-electron chi connectivity index (χ4n) is 2.42. The first kappa shape index (κ1) is 14.6. The average molecular weight is 291 g/mol. The summed E-state index contributed by atoms with van der Waals surface area (Å²) >= 11 is 1.40. The summed E-state index contributed by atoms with van der Waals surface area (Å²) in [4.78, 5) is 24.3. The van der Waals surface area contributed by atoms with Gasteiger partial charge in [-0.1, -0.05) is 0 Å². The van der Waals surface area contributed by atoms with Crippen molar-refractivity contribution in [3.05, 3.63) is 16.0 Å². The number of hydrogen-bond acceptors (Lipinski definition) is 3. The van der Waals surface area contributed by atoms with Crippen LogP contribution in [0.15, 0.2) is 0 Å². The normalized spacial score (nSPS) is 12.8. The molecular formula is C15H17NO3S. The van der Waals surface area contributed by atoms with Crippen LogP contribution in [0.2, 0.25) is 0 Å². The van der Waals surface area contributed by atoms with Crippen molar-refractivity contribution in [3.8, 4) is 12.3 Å². The fraction of sp³-hybridized carbons (Fsp3) is 0.467. The topological polar surface area (TPSA) is 66.4 Å². The van der Waals surface area contributed by atoms with Gasteiger partial charge in [0.15, 0.2) is 0 Å². The second-order valence-corrected chi connectivity index (χ2v) is 5.93. The number of fused-ring (bicyclic) bond motifs is 1. The lowest BCUT2D eigenvalue weighted by Gasteiger charge is -2.05. The number of anilines is 1. The molecule has 1 aliphatic rings. The lowest BCUT2D eigenvalue weighted by atomic mass is 10.1. The van der Waals surface area contributed by atoms with E-state index in [9.17, 15) is 14.7 Å². The lowest BCUT2D eigenvalue weighted by Crippen LogP contribution is -2.13. The standard InChI is InChI=1S/C15H17NO3S/c1-2-3-4-5-9-12(17)16-14-13(15(18)19)10-7-6-8-11(10)20-14/h1H,3-9H2,(H,16,17)(H,18,19). The molecule has 0 saturated carbocycles. The minimum Gasteiger partial charge on any atom is -0.478 e. The van der Waals surface area contributed by atoms with Crippen molar-refractivity contribution >= 4 is 28.2 Å². The number of nitrogens with one attached hydrogen (secondary N) is 1. The van der Waals surface area contributed by atoms with Crippen molar-refractivity contribution in [2.75, 3.05) is 5.32 Å². The molecule has 0 bridgehead atoms. The van der Waals surface area contributed by atoms with E-state index in [0.29, 0.717) is 23.4 Å². The van der Waals surface area contributed by atoms with Crippen LogP contribution in [-0.2, 0) is 17.6 Å². The second kappa shape index (κ2) is 6.58. The van der Waals surface area contributed by atoms with E-state index in [4.69, 9.17) is 6.42 Å². The third-order valence-corrected chi connectivity index (χ3v) is 4.57. The van der Waals surface area contributed by atoms with Crippen LogP contribution in [0.4, 0.5) is 5.00 Å². The molecule has 0 spiro atoms. The molecule has 0 aromatic carbocycles. The molecule has 20 heavy (non-hydrogen) atoms. The molecule has 0 unspecified atom stereocenters. The van der Waals surface area contributed by atoms with Crippen LogP contribution in [0.25, 0.3) is 0 Å². The second-order valence-electron chi connectivity index (χ2n) is 4.83. The SMILES string of the molecule is C#CCCCCC(=O)Nc1sc2c(c1C(=O)O)CCC2. The maximum absolute atomic E-state index is 11.8. The Morgan fingerprint density at radius 2 is 2.15 bits per heavy atom. The number of amides is 1. The molecule has 0 saturated heterocycles. The van der Waals surface area contributed by atoms with Crippen molar-refractivity contribution in [2.45, 2.75) is 44.9 Å². The Morgan fingerprint density at radius 1 is 1.35 bits per heavy atom. The number of aryl methyl sites for hydroxylation is 1. The molecule has 1 amide bonds. The Balaban J connectivity index is 2.01. The number of carboxylic acid groups (broad SMARTS) is 1. The molecule has 0 fully saturated rings. The first-order valence-corrected chi connectivity index (χ1v) is 7.56. The van der Waals surface area contributed by atoms with Gasteiger partial charge in [-0.05, 0) is 37.7 Å². The Morgan fingerprint density at radius 3 is 2.85 bits per heavy atom. The zero-order valence-electron chi connectivity index (χ0n) is 11.2. The van der Waals surface area contributed by atoms with E-state index in [2.05, 4.69) is 11.2 Å². The lowest BCUT2D eigenvalue weighted by molar-refractivity contribution is -0.116. The van der Waals surface area contributed by atoms with Gasteiger partial charge in [0.05, 0.1) is 5.56 Å². The van der Waals surface area contributed by atoms with Gasteiger partial charge in [-0.25, -0.2) is 4.79 Å². The van der Waals surface area contributed by atoms with Crippen molar-refractivity contribution in [1.82, 2.24) is 0 Å². The van der Waals surface area contributed by atoms with Crippen LogP contribution in [0, 0.1) is 12.3 Å². The fourth-order valence-corrected chi connectivity index (χ4v) is 3.72. The van der Waals surface area contributed by atoms with Gasteiger partial charge in [0.2, 0.25) is 5.91 Å². The molecule has 1 aromatic heterocycles. The molecule has 1 aliphatic carbocycles. The van der Waals surface area contributed by atoms with Crippen molar-refractivity contribution < 1.29 is 14.7 Å². The number of carbonyl (C=O) groups excluding carboxylic acids is 1. The van der Waals surface area contributed by atoms with Gasteiger partial charge in [0, 0.05) is 17.7 Å². The maximum atomic E-state index is 11.8. The van der Waals surface area contributed by atoms with E-state index in [1.54, 1.807) is 0 Å². The van der Waals surface area contributed by atoms with Crippen LogP contribution in [0.5, 0.6) is 0 Å². The summed E-state index contributed by atoms with van der Waals surface area (Å²) in [5.41, 5.74) is 1.20. The third kappa shape index (κ3) is 3.20. The smallest absolute Gasteiger partial charge is 0.339 e. The van der Waals surface area contributed by atoms with E-state index in [1.165, 1.54) is 11.3 Å². The molecule has 5 heteroatoms. The van der Waals surface area contributed by atoms with Crippen LogP contribution < -0.4 is 5.32 Å². The number of hydrogen-bond donors (Lipinski definition) is 2. The number of unbranched alkanes of at least 4 members (excludes halogenated alkanes) is 2. The molecule has 1 aromatic rings. The first-order chi connectivity index (χ1) is 9.63. The molecule has 106 valence electrons. The zero-order valence-corrected chi connectivity index (χ0v) is 12.0. The van der Waals surface area contributed by atoms with Crippen molar-refractivity contribution in [2.24, 2.45) is 0 Å². The van der Waals surface area contributed by atoms with E-state index in [-0.39, 0.29) is 5.91 Å². The third-order valence-electron chi connectivity index (χ3n) is 3.36. The van der Waals surface area contributed by atoms with Gasteiger partial charge in [-0.2, -0.15) is 0 Å². The van der Waals surface area contributed by atoms with Crippen LogP contribution >= 0.6 is 11.3 Å². The maximum Gasteiger partial charge on any atom is 0.339 e. The Kier molecular flexibility index (Phi) is 4.80. The highest BCUT2D eigenvalue weighted by molar-refractivity contribution is 7.17. The number of carboxylic acids is 1. The van der Waals surface area contributed by atoms with E-state index in [1.807, 2.05) is 0 Å². The average Bonchev–Trinajstić information content (AvgIpc) is 2.94. The monoisotopic (exact) mass is 291 g/mol. The number of thiophene rings is 1. The number of carbonyl (C=O) groups is 2. The predicted octanol–water partition coefficient (Wildman–Crippen LogP) is 3.07. The molecule has 2 N–H and O–H groups in total. The minimum absolute atomic E-state index is 0.135. The quantitative estimate of drug-likeness (QED) is 0.625. The summed E-state index contributed by atoms with van der Waals surface area (Å²) in [7, 11) is 0. The summed E-state index contributed by atoms with van der Waals surface area (Å²) in [6.45, 7) is 0. The number of aromatic carboxylic acids is 1. The van der Waals surface area contributed by atoms with Crippen molar-refractivity contribution in [1.29, 1.82) is 0 Å². The molecule has 0 aliphatic heterocycles. The van der Waals surface area contributed by atoms with Gasteiger partial charge in [0.1, 0.15) is 5.00 Å². The molecule has 0 radical (unpaired) electrons. The number of terminal acetylenes is 1. The van der Waals surface area contributed by atoms with Crippen molar-refractivity contribution in [3.63, 3.8) is 0 Å². The summed E-state index contributed by atoms with van der Waals surface area (Å²) in [6.07, 6.45) is 10.5. The highest BCUT2D eigenvalue weighted by Crippen LogP contribution is 2.39. The van der Waals surface area contributed by atoms with E-state index < -0.39 is 5.97 Å². The Hall–Kier alpha value is -1.80. The van der Waals surface area contributed by atoms with Gasteiger partial charge in [-0.3, -0.25) is 4.79 Å². The van der Waals surface area contributed by atoms with Gasteiger partial charge in [0.25, 0.3) is 0 Å². The summed E-state index contributed by atoms with van der Waals surface area (Å²) < 4.78 is 0. The first-order valence-electron chi connectivity index (χ1n) is 6.74. The Bertz CT molecular complexity index is 568. The van der Waals surface area contributed by atoms with Crippen LogP contribution in [0.3, 0.4) is 0 Å². The summed E-state index contributed by atoms with van der Waals surface area (Å²) in [5, 5.41) is 12.5. The van der Waals surface area contributed by atoms with Gasteiger partial charge in [-0.15, -0.1) is 23.7 Å². The molecular weight excluding hydrogens is 274 g/mol. The van der Waals surface area contributed by atoms with Gasteiger partial charge >= 0.3 is 5.97 Å². The minimum atomic E-state index is -0.952. The highest BCUT2D eigenvalue weighted by atomic mass is 32.1. The predicted molar refractivity (Wildman–Crippen MR) is 79.2 cm³/mol. The molecule has 1 heterocycles. The highest BCUT2D eigenvalue weighted by Gasteiger charge is 2.26.